The molecule has 1 saturated heterocycles. The third-order valence-electron chi connectivity index (χ3n) is 5.49. The largest absolute Gasteiger partial charge is 0.388 e. The molecule has 2 aromatic carbocycles. The highest BCUT2D eigenvalue weighted by molar-refractivity contribution is 7.89. The lowest BCUT2D eigenvalue weighted by Crippen LogP contribution is -2.66. The van der Waals surface area contributed by atoms with Crippen molar-refractivity contribution >= 4 is 15.9 Å². The van der Waals surface area contributed by atoms with Crippen LogP contribution in [0.3, 0.4) is 0 Å². The Kier molecular flexibility index (Phi) is 6.38. The predicted octanol–water partition coefficient (Wildman–Crippen LogP) is 1.60. The molecule has 7 nitrogen and oxygen atoms in total. The van der Waals surface area contributed by atoms with Gasteiger partial charge in [0.05, 0.1) is 17.0 Å². The van der Waals surface area contributed by atoms with E-state index in [1.54, 1.807) is 56.4 Å². The van der Waals surface area contributed by atoms with Gasteiger partial charge in [-0.1, -0.05) is 36.4 Å². The molecule has 4 atom stereocenters. The van der Waals surface area contributed by atoms with E-state index < -0.39 is 34.3 Å². The number of piperidine rings is 1. The second-order valence-electron chi connectivity index (χ2n) is 7.17. The summed E-state index contributed by atoms with van der Waals surface area (Å²) in [6.45, 7) is 1.67. The highest BCUT2D eigenvalue weighted by Crippen LogP contribution is 2.29. The van der Waals surface area contributed by atoms with Crippen LogP contribution in [-0.2, 0) is 14.8 Å². The molecule has 0 saturated carbocycles. The van der Waals surface area contributed by atoms with Crippen LogP contribution in [0.2, 0.25) is 0 Å². The van der Waals surface area contributed by atoms with Crippen molar-refractivity contribution in [3.8, 4) is 0 Å². The first-order valence-corrected chi connectivity index (χ1v) is 10.8. The third-order valence-corrected chi connectivity index (χ3v) is 7.46. The molecule has 0 bridgehead atoms. The number of nitrogens with zero attached hydrogens (tertiary/aromatic N) is 2. The lowest BCUT2D eigenvalue weighted by molar-refractivity contribution is -0.102. The number of aliphatic hydroxyl groups excluding tert-OH is 1. The molecule has 0 radical (unpaired) electrons. The van der Waals surface area contributed by atoms with Crippen molar-refractivity contribution < 1.29 is 23.1 Å². The van der Waals surface area contributed by atoms with Gasteiger partial charge >= 0.3 is 0 Å². The lowest BCUT2D eigenvalue weighted by atomic mass is 9.93. The van der Waals surface area contributed by atoms with E-state index in [1.807, 2.05) is 6.07 Å². The molecule has 1 fully saturated rings. The average Bonchev–Trinajstić information content (AvgIpc) is 2.74. The quantitative estimate of drug-likeness (QED) is 0.797. The topological polar surface area (TPSA) is 87.2 Å². The first kappa shape index (κ1) is 21.4. The monoisotopic (exact) mass is 418 g/mol. The Labute approximate surface area is 171 Å². The van der Waals surface area contributed by atoms with Crippen LogP contribution in [0.15, 0.2) is 65.6 Å². The molecule has 29 heavy (non-hydrogen) atoms. The molecule has 2 aromatic rings. The minimum Gasteiger partial charge on any atom is -0.388 e. The zero-order valence-corrected chi connectivity index (χ0v) is 17.5. The van der Waals surface area contributed by atoms with Crippen LogP contribution < -0.4 is 0 Å². The van der Waals surface area contributed by atoms with Crippen LogP contribution in [0, 0.1) is 0 Å². The van der Waals surface area contributed by atoms with Gasteiger partial charge in [-0.25, -0.2) is 8.42 Å². The second kappa shape index (κ2) is 8.62. The minimum atomic E-state index is -3.83. The predicted molar refractivity (Wildman–Crippen MR) is 109 cm³/mol. The lowest BCUT2D eigenvalue weighted by Gasteiger charge is -2.47. The van der Waals surface area contributed by atoms with E-state index in [1.165, 1.54) is 28.4 Å². The van der Waals surface area contributed by atoms with Crippen molar-refractivity contribution in [3.05, 3.63) is 66.2 Å². The van der Waals surface area contributed by atoms with Crippen LogP contribution in [0.4, 0.5) is 0 Å². The summed E-state index contributed by atoms with van der Waals surface area (Å²) in [5, 5.41) is 10.9. The first-order valence-electron chi connectivity index (χ1n) is 9.39. The van der Waals surface area contributed by atoms with Gasteiger partial charge in [-0.15, -0.1) is 0 Å². The Hall–Kier alpha value is -2.26. The summed E-state index contributed by atoms with van der Waals surface area (Å²) < 4.78 is 33.3. The van der Waals surface area contributed by atoms with Gasteiger partial charge in [0, 0.05) is 26.3 Å². The highest BCUT2D eigenvalue weighted by Gasteiger charge is 2.48. The number of hydrogen-bond donors (Lipinski definition) is 1. The average molecular weight is 419 g/mol. The molecule has 3 rings (SSSR count). The maximum absolute atomic E-state index is 13.3. The van der Waals surface area contributed by atoms with E-state index in [0.29, 0.717) is 5.56 Å². The number of methoxy groups -OCH3 is 1. The molecule has 8 heteroatoms. The molecule has 1 heterocycles. The van der Waals surface area contributed by atoms with E-state index in [9.17, 15) is 18.3 Å². The van der Waals surface area contributed by atoms with Gasteiger partial charge in [0.25, 0.3) is 5.91 Å². The number of carbonyl (C=O) groups excluding carboxylic acids is 1. The Balaban J connectivity index is 1.95. The van der Waals surface area contributed by atoms with Gasteiger partial charge in [0.15, 0.2) is 0 Å². The molecule has 1 amide bonds. The van der Waals surface area contributed by atoms with Crippen molar-refractivity contribution in [2.24, 2.45) is 0 Å². The highest BCUT2D eigenvalue weighted by atomic mass is 32.2. The van der Waals surface area contributed by atoms with Gasteiger partial charge in [0.2, 0.25) is 10.0 Å². The molecule has 1 aliphatic heterocycles. The number of likely N-dealkylation sites (N-methyl/N-ethyl adjacent to an activating group) is 1. The fraction of sp³-hybridized carbons (Fsp3) is 0.381. The van der Waals surface area contributed by atoms with E-state index >= 15 is 0 Å². The van der Waals surface area contributed by atoms with E-state index in [0.717, 1.165) is 0 Å². The van der Waals surface area contributed by atoms with Gasteiger partial charge in [-0.3, -0.25) is 4.79 Å². The van der Waals surface area contributed by atoms with Crippen molar-refractivity contribution in [1.29, 1.82) is 0 Å². The second-order valence-corrected chi connectivity index (χ2v) is 9.06. The van der Waals surface area contributed by atoms with Gasteiger partial charge in [-0.2, -0.15) is 4.31 Å². The van der Waals surface area contributed by atoms with E-state index in [-0.39, 0.29) is 17.3 Å². The summed E-state index contributed by atoms with van der Waals surface area (Å²) in [6.07, 6.45) is -1.81. The van der Waals surface area contributed by atoms with Gasteiger partial charge in [-0.05, 0) is 31.2 Å². The molecule has 0 aliphatic carbocycles. The number of carbonyl (C=O) groups is 1. The van der Waals surface area contributed by atoms with Crippen LogP contribution in [-0.4, -0.2) is 73.6 Å². The summed E-state index contributed by atoms with van der Waals surface area (Å²) in [6, 6.07) is 15.4. The molecule has 156 valence electrons. The zero-order chi connectivity index (χ0) is 21.2. The number of hydrogen-bond acceptors (Lipinski definition) is 5. The van der Waals surface area contributed by atoms with Crippen molar-refractivity contribution in [2.45, 2.75) is 36.1 Å². The standard InChI is InChI=1S/C21H26N2O5S/c1-15-20(28-3)19(24)18(22(2)21(25)16-10-6-4-7-11-16)14-23(15)29(26,27)17-12-8-5-9-13-17/h4-13,15,18-20,24H,14H2,1-3H3/t15-,18-,19-,20+/m0/s1. The van der Waals surface area contributed by atoms with Crippen LogP contribution in [0.1, 0.15) is 17.3 Å². The summed E-state index contributed by atoms with van der Waals surface area (Å²) in [5.74, 6) is -0.295. The summed E-state index contributed by atoms with van der Waals surface area (Å²) >= 11 is 0. The van der Waals surface area contributed by atoms with Crippen LogP contribution in [0.5, 0.6) is 0 Å². The third kappa shape index (κ3) is 4.06. The van der Waals surface area contributed by atoms with Gasteiger partial charge in [0.1, 0.15) is 12.2 Å². The number of ether oxygens (including phenoxy) is 1. The summed E-state index contributed by atoms with van der Waals surface area (Å²) in [5.41, 5.74) is 0.465. The Bertz CT molecular complexity index is 936. The van der Waals surface area contributed by atoms with Crippen molar-refractivity contribution in [1.82, 2.24) is 9.21 Å². The maximum Gasteiger partial charge on any atom is 0.253 e. The number of rotatable bonds is 5. The molecule has 1 N–H and O–H groups in total. The number of benzene rings is 2. The SMILES string of the molecule is CO[C@H]1[C@@H](O)[C@@H](N(C)C(=O)c2ccccc2)CN(S(=O)(=O)c2ccccc2)[C@H]1C. The fourth-order valence-electron chi connectivity index (χ4n) is 3.79. The van der Waals surface area contributed by atoms with Crippen molar-refractivity contribution in [3.63, 3.8) is 0 Å². The normalized spacial score (nSPS) is 25.5. The smallest absolute Gasteiger partial charge is 0.253 e. The van der Waals surface area contributed by atoms with E-state index in [4.69, 9.17) is 4.74 Å². The summed E-state index contributed by atoms with van der Waals surface area (Å²) in [4.78, 5) is 14.5. The summed E-state index contributed by atoms with van der Waals surface area (Å²) in [7, 11) is -0.832. The zero-order valence-electron chi connectivity index (χ0n) is 16.7. The first-order chi connectivity index (χ1) is 13.8. The Morgan fingerprint density at radius 1 is 1.10 bits per heavy atom. The van der Waals surface area contributed by atoms with Crippen LogP contribution in [0.25, 0.3) is 0 Å². The minimum absolute atomic E-state index is 0.0332. The molecular formula is C21H26N2O5S. The molecule has 0 unspecified atom stereocenters. The Morgan fingerprint density at radius 3 is 2.21 bits per heavy atom. The van der Waals surface area contributed by atoms with Crippen LogP contribution >= 0.6 is 0 Å². The maximum atomic E-state index is 13.3. The molecule has 1 aliphatic rings. The fourth-order valence-corrected chi connectivity index (χ4v) is 5.47. The van der Waals surface area contributed by atoms with Gasteiger partial charge < -0.3 is 14.7 Å². The molecular weight excluding hydrogens is 392 g/mol. The number of sulfonamides is 1. The number of amides is 1. The van der Waals surface area contributed by atoms with E-state index in [2.05, 4.69) is 0 Å². The molecule has 0 spiro atoms. The van der Waals surface area contributed by atoms with Crippen molar-refractivity contribution in [2.75, 3.05) is 20.7 Å². The molecule has 0 aromatic heterocycles. The Morgan fingerprint density at radius 2 is 1.66 bits per heavy atom. The number of aliphatic hydroxyl groups is 1.